The minimum atomic E-state index is -4.41. The predicted octanol–water partition coefficient (Wildman–Crippen LogP) is 28.4. The Bertz CT molecular complexity index is 2340. The number of phosphoric acid groups is 1. The van der Waals surface area contributed by atoms with Gasteiger partial charge in [0.15, 0.2) is 6.10 Å². The molecule has 0 rings (SSSR count). The van der Waals surface area contributed by atoms with Crippen LogP contribution in [-0.4, -0.2) is 74.9 Å². The van der Waals surface area contributed by atoms with Crippen LogP contribution in [0.5, 0.6) is 0 Å². The van der Waals surface area contributed by atoms with Crippen LogP contribution in [0.2, 0.25) is 0 Å². The highest BCUT2D eigenvalue weighted by atomic mass is 31.2. The van der Waals surface area contributed by atoms with Crippen LogP contribution in [0, 0.1) is 0 Å². The molecule has 0 spiro atoms. The van der Waals surface area contributed by atoms with Crippen molar-refractivity contribution in [2.24, 2.45) is 0 Å². The standard InChI is InChI=1S/C92H156NO8P/c1-6-8-10-12-14-16-18-20-22-24-26-28-30-32-34-36-38-40-42-44-46-48-50-52-54-56-58-60-62-64-66-68-70-72-74-76-78-80-82-84-91(94)98-88-90(89-100-102(96,97)99-87-86-93(3,4)5)101-92(95)85-83-81-79-77-75-73-71-69-67-65-63-61-59-57-55-53-51-49-47-45-43-41-39-37-35-33-31-29-27-25-23-21-19-17-15-13-11-9-7-2/h8-11,14-17,20-23,26-29,32-35,39,41,45,47,51,53,57,59,90H,6-7,12-13,18-19,24-25,30-31,36-38,40,42-44,46,48-50,52,54-56,58,60-89H2,1-5H3/p+1/b10-8-,11-9-,16-14-,17-15-,22-20-,23-21-,28-26-,29-27-,34-32-,35-33-,41-39-,47-45-,53-51-,59-57-. The number of ether oxygens (including phenoxy) is 2. The molecular weight excluding hydrogens is 1280 g/mol. The summed E-state index contributed by atoms with van der Waals surface area (Å²) in [7, 11) is 1.47. The molecule has 0 aromatic heterocycles. The van der Waals surface area contributed by atoms with Crippen molar-refractivity contribution in [2.75, 3.05) is 47.5 Å². The maximum absolute atomic E-state index is 12.9. The Kier molecular flexibility index (Phi) is 76.8. The number of hydrogen-bond acceptors (Lipinski definition) is 7. The molecule has 1 N–H and O–H groups in total. The number of carbonyl (C=O) groups is 2. The van der Waals surface area contributed by atoms with Crippen LogP contribution < -0.4 is 0 Å². The van der Waals surface area contributed by atoms with Gasteiger partial charge in [-0.15, -0.1) is 0 Å². The van der Waals surface area contributed by atoms with Crippen molar-refractivity contribution < 1.29 is 42.1 Å². The first-order valence-corrected chi connectivity index (χ1v) is 43.4. The fourth-order valence-corrected chi connectivity index (χ4v) is 12.2. The van der Waals surface area contributed by atoms with Gasteiger partial charge in [-0.3, -0.25) is 18.6 Å². The van der Waals surface area contributed by atoms with Crippen molar-refractivity contribution >= 4 is 19.8 Å². The molecule has 0 heterocycles. The van der Waals surface area contributed by atoms with E-state index in [1.807, 2.05) is 21.1 Å². The SMILES string of the molecule is CC/C=C\C/C=C\C/C=C\C/C=C\C/C=C\C/C=C\C/C=C\C/C=C\C/C=C\CCCCCCCCCCCCCC(=O)OC(COC(=O)CCCCCCCCCCCCCCCCCCCCCCCCC/C=C\C/C=C\C/C=C\C/C=C\C/C=C\CC)COP(=O)(O)OCC[N+](C)(C)C. The first-order chi connectivity index (χ1) is 50.0. The summed E-state index contributed by atoms with van der Waals surface area (Å²) in [5, 5.41) is 0. The maximum Gasteiger partial charge on any atom is 0.472 e. The van der Waals surface area contributed by atoms with Gasteiger partial charge in [-0.25, -0.2) is 4.57 Å². The Balaban J connectivity index is 3.98. The molecule has 0 aliphatic rings. The van der Waals surface area contributed by atoms with Gasteiger partial charge in [-0.2, -0.15) is 0 Å². The lowest BCUT2D eigenvalue weighted by Crippen LogP contribution is -2.37. The molecule has 582 valence electrons. The predicted molar refractivity (Wildman–Crippen MR) is 445 cm³/mol. The Hall–Kier alpha value is -4.63. The lowest BCUT2D eigenvalue weighted by molar-refractivity contribution is -0.870. The van der Waals surface area contributed by atoms with Crippen LogP contribution in [-0.2, 0) is 32.7 Å². The maximum atomic E-state index is 12.9. The molecule has 2 unspecified atom stereocenters. The second kappa shape index (κ2) is 80.5. The third-order valence-electron chi connectivity index (χ3n) is 17.7. The van der Waals surface area contributed by atoms with Crippen LogP contribution in [0.1, 0.15) is 348 Å². The Labute approximate surface area is 629 Å². The van der Waals surface area contributed by atoms with Crippen LogP contribution in [0.4, 0.5) is 0 Å². The average molecular weight is 1440 g/mol. The van der Waals surface area contributed by atoms with E-state index < -0.39 is 26.5 Å². The lowest BCUT2D eigenvalue weighted by Gasteiger charge is -2.24. The minimum absolute atomic E-state index is 0.0261. The molecule has 0 aromatic rings. The number of unbranched alkanes of at least 4 members (excludes halogenated alkanes) is 34. The Morgan fingerprint density at radius 3 is 0.784 bits per heavy atom. The number of nitrogens with zero attached hydrogens (tertiary/aromatic N) is 1. The molecule has 0 aliphatic heterocycles. The van der Waals surface area contributed by atoms with E-state index in [2.05, 4.69) is 184 Å². The summed E-state index contributed by atoms with van der Waals surface area (Å²) >= 11 is 0. The van der Waals surface area contributed by atoms with Gasteiger partial charge < -0.3 is 18.9 Å². The second-order valence-corrected chi connectivity index (χ2v) is 30.2. The van der Waals surface area contributed by atoms with Crippen molar-refractivity contribution in [1.82, 2.24) is 0 Å². The molecule has 0 fully saturated rings. The summed E-state index contributed by atoms with van der Waals surface area (Å²) in [6.45, 7) is 4.22. The molecule has 0 saturated carbocycles. The zero-order valence-corrected chi connectivity index (χ0v) is 67.4. The van der Waals surface area contributed by atoms with Gasteiger partial charge in [0, 0.05) is 12.8 Å². The smallest absolute Gasteiger partial charge is 0.462 e. The van der Waals surface area contributed by atoms with E-state index in [0.717, 1.165) is 135 Å². The number of quaternary nitrogens is 1. The van der Waals surface area contributed by atoms with Crippen molar-refractivity contribution in [3.63, 3.8) is 0 Å². The van der Waals surface area contributed by atoms with Gasteiger partial charge in [0.2, 0.25) is 0 Å². The summed E-state index contributed by atoms with van der Waals surface area (Å²) in [4.78, 5) is 36.0. The van der Waals surface area contributed by atoms with Gasteiger partial charge in [-0.1, -0.05) is 377 Å². The van der Waals surface area contributed by atoms with Crippen molar-refractivity contribution in [1.29, 1.82) is 0 Å². The van der Waals surface area contributed by atoms with E-state index in [-0.39, 0.29) is 32.0 Å². The quantitative estimate of drug-likeness (QED) is 0.0211. The molecule has 0 amide bonds. The molecule has 0 aromatic carbocycles. The summed E-state index contributed by atoms with van der Waals surface area (Å²) in [5.41, 5.74) is 0. The second-order valence-electron chi connectivity index (χ2n) is 28.7. The molecule has 10 heteroatoms. The normalized spacial score (nSPS) is 13.9. The molecule has 0 aliphatic carbocycles. The highest BCUT2D eigenvalue weighted by molar-refractivity contribution is 7.47. The summed E-state index contributed by atoms with van der Waals surface area (Å²) in [6.07, 6.45) is 122. The fraction of sp³-hybridized carbons (Fsp3) is 0.674. The van der Waals surface area contributed by atoms with Gasteiger partial charge in [0.1, 0.15) is 19.8 Å². The van der Waals surface area contributed by atoms with Gasteiger partial charge in [0.25, 0.3) is 0 Å². The van der Waals surface area contributed by atoms with Crippen molar-refractivity contribution in [2.45, 2.75) is 354 Å². The van der Waals surface area contributed by atoms with Crippen LogP contribution in [0.15, 0.2) is 170 Å². The number of hydrogen-bond donors (Lipinski definition) is 1. The monoisotopic (exact) mass is 1440 g/mol. The molecule has 0 bridgehead atoms. The van der Waals surface area contributed by atoms with E-state index in [1.165, 1.54) is 180 Å². The number of likely N-dealkylation sites (N-methyl/N-ethyl adjacent to an activating group) is 1. The van der Waals surface area contributed by atoms with E-state index in [1.54, 1.807) is 0 Å². The molecule has 2 atom stereocenters. The first-order valence-electron chi connectivity index (χ1n) is 41.9. The topological polar surface area (TPSA) is 108 Å². The molecule has 0 saturated heterocycles. The highest BCUT2D eigenvalue weighted by Gasteiger charge is 2.27. The number of allylic oxidation sites excluding steroid dienone is 28. The van der Waals surface area contributed by atoms with Crippen LogP contribution in [0.25, 0.3) is 0 Å². The van der Waals surface area contributed by atoms with Crippen molar-refractivity contribution in [3.05, 3.63) is 170 Å². The van der Waals surface area contributed by atoms with E-state index in [0.29, 0.717) is 17.4 Å². The zero-order valence-electron chi connectivity index (χ0n) is 66.5. The Morgan fingerprint density at radius 2 is 0.529 bits per heavy atom. The third kappa shape index (κ3) is 84.3. The minimum Gasteiger partial charge on any atom is -0.462 e. The third-order valence-corrected chi connectivity index (χ3v) is 18.7. The van der Waals surface area contributed by atoms with Gasteiger partial charge in [0.05, 0.1) is 27.7 Å². The molecule has 102 heavy (non-hydrogen) atoms. The highest BCUT2D eigenvalue weighted by Crippen LogP contribution is 2.43. The molecule has 9 nitrogen and oxygen atoms in total. The first kappa shape index (κ1) is 97.4. The van der Waals surface area contributed by atoms with Crippen molar-refractivity contribution in [3.8, 4) is 0 Å². The summed E-state index contributed by atoms with van der Waals surface area (Å²) in [6, 6.07) is 0. The summed E-state index contributed by atoms with van der Waals surface area (Å²) in [5.74, 6) is -0.795. The van der Waals surface area contributed by atoms with E-state index >= 15 is 0 Å². The molecular formula is C92H157NO8P+. The van der Waals surface area contributed by atoms with Gasteiger partial charge >= 0.3 is 19.8 Å². The van der Waals surface area contributed by atoms with E-state index in [9.17, 15) is 19.0 Å². The summed E-state index contributed by atoms with van der Waals surface area (Å²) < 4.78 is 34.9. The van der Waals surface area contributed by atoms with Crippen LogP contribution >= 0.6 is 7.82 Å². The average Bonchev–Trinajstić information content (AvgIpc) is 0.914. The fourth-order valence-electron chi connectivity index (χ4n) is 11.5. The van der Waals surface area contributed by atoms with E-state index in [4.69, 9.17) is 18.5 Å². The number of rotatable bonds is 76. The van der Waals surface area contributed by atoms with Gasteiger partial charge in [-0.05, 0) is 128 Å². The Morgan fingerprint density at radius 1 is 0.304 bits per heavy atom. The lowest BCUT2D eigenvalue weighted by atomic mass is 10.0. The largest absolute Gasteiger partial charge is 0.472 e. The number of phosphoric ester groups is 1. The number of esters is 2. The zero-order chi connectivity index (χ0) is 74.0. The van der Waals surface area contributed by atoms with Crippen LogP contribution in [0.3, 0.4) is 0 Å². The number of carbonyl (C=O) groups excluding carboxylic acids is 2. The molecule has 0 radical (unpaired) electrons.